The molecule has 17 heavy (non-hydrogen) atoms. The van der Waals surface area contributed by atoms with E-state index in [1.165, 1.54) is 11.3 Å². The van der Waals surface area contributed by atoms with Crippen LogP contribution in [0.1, 0.15) is 12.0 Å². The summed E-state index contributed by atoms with van der Waals surface area (Å²) >= 11 is 0. The van der Waals surface area contributed by atoms with Gasteiger partial charge in [-0.05, 0) is 44.3 Å². The lowest BCUT2D eigenvalue weighted by Crippen LogP contribution is -2.20. The monoisotopic (exact) mass is 233 g/mol. The van der Waals surface area contributed by atoms with E-state index in [2.05, 4.69) is 16.7 Å². The summed E-state index contributed by atoms with van der Waals surface area (Å²) in [6.07, 6.45) is 1.57. The molecule has 0 bridgehead atoms. The third kappa shape index (κ3) is 3.20. The van der Waals surface area contributed by atoms with Gasteiger partial charge in [0.05, 0.1) is 0 Å². The quantitative estimate of drug-likeness (QED) is 0.829. The van der Waals surface area contributed by atoms with Gasteiger partial charge in [0.15, 0.2) is 0 Å². The average Bonchev–Trinajstić information content (AvgIpc) is 2.73. The summed E-state index contributed by atoms with van der Waals surface area (Å²) in [6.45, 7) is 1.77. The number of hydrogen-bond donors (Lipinski definition) is 2. The molecule has 1 aromatic carbocycles. The minimum atomic E-state index is 0.0737. The summed E-state index contributed by atoms with van der Waals surface area (Å²) in [6, 6.07) is 6.04. The fourth-order valence-electron chi connectivity index (χ4n) is 1.93. The van der Waals surface area contributed by atoms with Gasteiger partial charge < -0.3 is 15.5 Å². The number of rotatable bonds is 4. The minimum absolute atomic E-state index is 0.0737. The van der Waals surface area contributed by atoms with Crippen molar-refractivity contribution in [3.63, 3.8) is 0 Å². The lowest BCUT2D eigenvalue weighted by Gasteiger charge is -2.10. The highest BCUT2D eigenvalue weighted by Crippen LogP contribution is 2.25. The van der Waals surface area contributed by atoms with Crippen LogP contribution >= 0.6 is 0 Å². The van der Waals surface area contributed by atoms with Crippen molar-refractivity contribution in [1.29, 1.82) is 0 Å². The second-order valence-electron chi connectivity index (χ2n) is 4.65. The maximum absolute atomic E-state index is 11.7. The number of carbonyl (C=O) groups is 1. The third-order valence-electron chi connectivity index (χ3n) is 2.88. The van der Waals surface area contributed by atoms with Crippen LogP contribution in [0.5, 0.6) is 0 Å². The Morgan fingerprint density at radius 3 is 3.06 bits per heavy atom. The van der Waals surface area contributed by atoms with Gasteiger partial charge in [-0.2, -0.15) is 0 Å². The third-order valence-corrected chi connectivity index (χ3v) is 2.88. The smallest absolute Gasteiger partial charge is 0.225 e. The van der Waals surface area contributed by atoms with Crippen molar-refractivity contribution in [2.24, 2.45) is 0 Å². The summed E-state index contributed by atoms with van der Waals surface area (Å²) in [4.78, 5) is 13.7. The van der Waals surface area contributed by atoms with E-state index < -0.39 is 0 Å². The molecule has 0 aliphatic carbocycles. The molecule has 1 amide bonds. The first-order chi connectivity index (χ1) is 8.15. The number of fused-ring (bicyclic) bond motifs is 1. The van der Waals surface area contributed by atoms with Gasteiger partial charge in [0.25, 0.3) is 0 Å². The first-order valence-electron chi connectivity index (χ1n) is 5.96. The standard InChI is InChI=1S/C13H19N3O/c1-16(2)8-6-13(17)15-11-3-4-12-10(9-11)5-7-14-12/h3-4,9,14H,5-8H2,1-2H3,(H,15,17). The molecule has 0 spiro atoms. The van der Waals surface area contributed by atoms with Crippen LogP contribution in [0.15, 0.2) is 18.2 Å². The zero-order chi connectivity index (χ0) is 12.3. The average molecular weight is 233 g/mol. The molecule has 0 fully saturated rings. The summed E-state index contributed by atoms with van der Waals surface area (Å²) in [5, 5.41) is 6.23. The zero-order valence-corrected chi connectivity index (χ0v) is 10.4. The predicted molar refractivity (Wildman–Crippen MR) is 70.4 cm³/mol. The normalized spacial score (nSPS) is 13.4. The highest BCUT2D eigenvalue weighted by molar-refractivity contribution is 5.91. The molecule has 0 unspecified atom stereocenters. The molecule has 0 radical (unpaired) electrons. The first-order valence-corrected chi connectivity index (χ1v) is 5.96. The van der Waals surface area contributed by atoms with Crippen LogP contribution in [-0.2, 0) is 11.2 Å². The SMILES string of the molecule is CN(C)CCC(=O)Nc1ccc2c(c1)CCN2. The number of amides is 1. The lowest BCUT2D eigenvalue weighted by molar-refractivity contribution is -0.116. The van der Waals surface area contributed by atoms with Crippen molar-refractivity contribution in [3.8, 4) is 0 Å². The molecule has 92 valence electrons. The van der Waals surface area contributed by atoms with E-state index in [1.54, 1.807) is 0 Å². The molecule has 0 aromatic heterocycles. The zero-order valence-electron chi connectivity index (χ0n) is 10.4. The predicted octanol–water partition coefficient (Wildman–Crippen LogP) is 1.54. The number of nitrogens with one attached hydrogen (secondary N) is 2. The number of anilines is 2. The Bertz CT molecular complexity index is 415. The van der Waals surface area contributed by atoms with Crippen LogP contribution in [0.25, 0.3) is 0 Å². The van der Waals surface area contributed by atoms with Gasteiger partial charge in [-0.3, -0.25) is 4.79 Å². The molecule has 2 N–H and O–H groups in total. The Labute approximate surface area is 102 Å². The van der Waals surface area contributed by atoms with E-state index in [-0.39, 0.29) is 5.91 Å². The van der Waals surface area contributed by atoms with Crippen molar-refractivity contribution in [3.05, 3.63) is 23.8 Å². The van der Waals surface area contributed by atoms with Crippen molar-refractivity contribution < 1.29 is 4.79 Å². The molecular formula is C13H19N3O. The molecule has 1 heterocycles. The summed E-state index contributed by atoms with van der Waals surface area (Å²) < 4.78 is 0. The van der Waals surface area contributed by atoms with E-state index in [0.29, 0.717) is 6.42 Å². The highest BCUT2D eigenvalue weighted by Gasteiger charge is 2.11. The molecule has 0 atom stereocenters. The molecule has 4 nitrogen and oxygen atoms in total. The van der Waals surface area contributed by atoms with Crippen LogP contribution in [0, 0.1) is 0 Å². The van der Waals surface area contributed by atoms with Gasteiger partial charge in [-0.1, -0.05) is 0 Å². The maximum Gasteiger partial charge on any atom is 0.225 e. The Morgan fingerprint density at radius 2 is 2.29 bits per heavy atom. The van der Waals surface area contributed by atoms with Gasteiger partial charge in [-0.15, -0.1) is 0 Å². The van der Waals surface area contributed by atoms with Crippen LogP contribution in [0.4, 0.5) is 11.4 Å². The maximum atomic E-state index is 11.7. The van der Waals surface area contributed by atoms with Crippen molar-refractivity contribution in [1.82, 2.24) is 4.90 Å². The van der Waals surface area contributed by atoms with Gasteiger partial charge in [0, 0.05) is 30.9 Å². The van der Waals surface area contributed by atoms with E-state index >= 15 is 0 Å². The largest absolute Gasteiger partial charge is 0.384 e. The van der Waals surface area contributed by atoms with Gasteiger partial charge >= 0.3 is 0 Å². The minimum Gasteiger partial charge on any atom is -0.384 e. The van der Waals surface area contributed by atoms with Crippen LogP contribution in [0.3, 0.4) is 0 Å². The van der Waals surface area contributed by atoms with Crippen LogP contribution < -0.4 is 10.6 Å². The summed E-state index contributed by atoms with van der Waals surface area (Å²) in [5.41, 5.74) is 3.38. The van der Waals surface area contributed by atoms with Gasteiger partial charge in [-0.25, -0.2) is 0 Å². The Balaban J connectivity index is 1.92. The van der Waals surface area contributed by atoms with E-state index in [1.807, 2.05) is 31.1 Å². The summed E-state index contributed by atoms with van der Waals surface area (Å²) in [7, 11) is 3.93. The number of benzene rings is 1. The molecule has 1 aliphatic heterocycles. The number of nitrogens with zero attached hydrogens (tertiary/aromatic N) is 1. The second-order valence-corrected chi connectivity index (χ2v) is 4.65. The van der Waals surface area contributed by atoms with Gasteiger partial charge in [0.1, 0.15) is 0 Å². The molecule has 1 aromatic rings. The molecule has 0 saturated heterocycles. The molecule has 1 aliphatic rings. The molecular weight excluding hydrogens is 214 g/mol. The number of hydrogen-bond acceptors (Lipinski definition) is 3. The lowest BCUT2D eigenvalue weighted by atomic mass is 10.1. The fraction of sp³-hybridized carbons (Fsp3) is 0.462. The van der Waals surface area contributed by atoms with Gasteiger partial charge in [0.2, 0.25) is 5.91 Å². The van der Waals surface area contributed by atoms with E-state index in [4.69, 9.17) is 0 Å². The molecule has 0 saturated carbocycles. The molecule has 2 rings (SSSR count). The van der Waals surface area contributed by atoms with E-state index in [0.717, 1.165) is 25.2 Å². The van der Waals surface area contributed by atoms with Crippen LogP contribution in [0.2, 0.25) is 0 Å². The second kappa shape index (κ2) is 5.19. The van der Waals surface area contributed by atoms with E-state index in [9.17, 15) is 4.79 Å². The summed E-state index contributed by atoms with van der Waals surface area (Å²) in [5.74, 6) is 0.0737. The first kappa shape index (κ1) is 11.9. The number of carbonyl (C=O) groups excluding carboxylic acids is 1. The van der Waals surface area contributed by atoms with Crippen molar-refractivity contribution >= 4 is 17.3 Å². The Morgan fingerprint density at radius 1 is 1.47 bits per heavy atom. The highest BCUT2D eigenvalue weighted by atomic mass is 16.1. The topological polar surface area (TPSA) is 44.4 Å². The Kier molecular flexibility index (Phi) is 3.64. The van der Waals surface area contributed by atoms with Crippen molar-refractivity contribution in [2.75, 3.05) is 37.8 Å². The van der Waals surface area contributed by atoms with Crippen LogP contribution in [-0.4, -0.2) is 38.0 Å². The Hall–Kier alpha value is -1.55. The molecule has 4 heteroatoms. The fourth-order valence-corrected chi connectivity index (χ4v) is 1.93. The van der Waals surface area contributed by atoms with Crippen molar-refractivity contribution in [2.45, 2.75) is 12.8 Å².